The zero-order valence-corrected chi connectivity index (χ0v) is 26.6. The van der Waals surface area contributed by atoms with Crippen LogP contribution in [0.5, 0.6) is 11.5 Å². The molecule has 3 radical (unpaired) electrons. The van der Waals surface area contributed by atoms with Crippen molar-refractivity contribution in [1.29, 1.82) is 0 Å². The Balaban J connectivity index is 0.00000432. The van der Waals surface area contributed by atoms with E-state index in [1.807, 2.05) is 0 Å². The van der Waals surface area contributed by atoms with E-state index in [0.717, 1.165) is 36.4 Å². The van der Waals surface area contributed by atoms with Gasteiger partial charge >= 0.3 is 11.9 Å². The molecule has 0 aliphatic rings. The summed E-state index contributed by atoms with van der Waals surface area (Å²) in [4.78, 5) is 21.5. The minimum Gasteiger partial charge on any atom is -0.507 e. The number of aromatic hydroxyl groups is 2. The van der Waals surface area contributed by atoms with Gasteiger partial charge in [0.25, 0.3) is 10.1 Å². The molecule has 0 spiro atoms. The van der Waals surface area contributed by atoms with Gasteiger partial charge in [0.1, 0.15) is 33.2 Å². The summed E-state index contributed by atoms with van der Waals surface area (Å²) in [6.45, 7) is 0. The van der Waals surface area contributed by atoms with Crippen LogP contribution in [0.1, 0.15) is 20.7 Å². The van der Waals surface area contributed by atoms with Gasteiger partial charge in [-0.1, -0.05) is 0 Å². The van der Waals surface area contributed by atoms with E-state index in [0.29, 0.717) is 0 Å². The summed E-state index contributed by atoms with van der Waals surface area (Å²) in [7, 11) is -4.80. The first-order valence-electron chi connectivity index (χ1n) is 9.03. The molecule has 0 saturated heterocycles. The standard InChI is InChI=1S/C20H14N4O9S.3Na/c25-16-5-2-10(7-13(16)19(27)28)21-22-12-1-4-15(18(9-12)34(31,32)33)24-23-11-3-6-17(26)14(8-11)20(29)30;;;/h1-9,25-26H,(H,27,28)(H,29,30)(H,31,32,33);;;. The minimum absolute atomic E-state index is 0. The predicted molar refractivity (Wildman–Crippen MR) is 132 cm³/mol. The zero-order chi connectivity index (χ0) is 25.0. The van der Waals surface area contributed by atoms with Crippen molar-refractivity contribution in [2.75, 3.05) is 0 Å². The summed E-state index contributed by atoms with van der Waals surface area (Å²) >= 11 is 0. The van der Waals surface area contributed by atoms with Crippen LogP contribution in [0.3, 0.4) is 0 Å². The van der Waals surface area contributed by atoms with Gasteiger partial charge in [-0.2, -0.15) is 23.8 Å². The molecule has 17 heteroatoms. The molecule has 0 aromatic heterocycles. The molecular formula is C20H14N4Na3O9S. The largest absolute Gasteiger partial charge is 0.507 e. The number of azo groups is 2. The molecule has 0 atom stereocenters. The first kappa shape index (κ1) is 35.3. The van der Waals surface area contributed by atoms with Crippen molar-refractivity contribution < 1.29 is 43.0 Å². The van der Waals surface area contributed by atoms with Crippen LogP contribution in [0.2, 0.25) is 0 Å². The summed E-state index contributed by atoms with van der Waals surface area (Å²) in [5.74, 6) is -3.77. The number of benzene rings is 3. The van der Waals surface area contributed by atoms with Crippen LogP contribution in [0.15, 0.2) is 79.9 Å². The van der Waals surface area contributed by atoms with Crippen LogP contribution in [-0.2, 0) is 10.1 Å². The Labute approximate surface area is 276 Å². The molecule has 0 heterocycles. The van der Waals surface area contributed by atoms with Gasteiger partial charge in [0, 0.05) is 88.7 Å². The van der Waals surface area contributed by atoms with Gasteiger partial charge in [0.2, 0.25) is 0 Å². The normalized spacial score (nSPS) is 10.8. The van der Waals surface area contributed by atoms with E-state index in [4.69, 9.17) is 10.2 Å². The number of carboxylic acid groups (broad SMARTS) is 2. The van der Waals surface area contributed by atoms with E-state index in [1.165, 1.54) is 18.2 Å². The van der Waals surface area contributed by atoms with E-state index in [-0.39, 0.29) is 111 Å². The third-order valence-electron chi connectivity index (χ3n) is 4.20. The Morgan fingerprint density at radius 1 is 0.622 bits per heavy atom. The van der Waals surface area contributed by atoms with Crippen LogP contribution in [0.25, 0.3) is 0 Å². The fourth-order valence-corrected chi connectivity index (χ4v) is 3.24. The summed E-state index contributed by atoms with van der Waals surface area (Å²) in [6, 6.07) is 10.1. The van der Waals surface area contributed by atoms with Crippen molar-refractivity contribution in [3.63, 3.8) is 0 Å². The maximum Gasteiger partial charge on any atom is 0.339 e. The van der Waals surface area contributed by atoms with Gasteiger partial charge in [0.15, 0.2) is 0 Å². The second-order valence-corrected chi connectivity index (χ2v) is 7.93. The summed E-state index contributed by atoms with van der Waals surface area (Å²) in [6.07, 6.45) is 0. The van der Waals surface area contributed by atoms with Crippen LogP contribution < -0.4 is 0 Å². The van der Waals surface area contributed by atoms with Gasteiger partial charge in [0.05, 0.1) is 17.1 Å². The van der Waals surface area contributed by atoms with E-state index in [2.05, 4.69) is 20.5 Å². The molecule has 0 saturated carbocycles. The third-order valence-corrected chi connectivity index (χ3v) is 5.08. The Kier molecular flexibility index (Phi) is 14.4. The van der Waals surface area contributed by atoms with Crippen molar-refractivity contribution in [2.24, 2.45) is 20.5 Å². The molecule has 0 bridgehead atoms. The first-order chi connectivity index (χ1) is 16.0. The Bertz CT molecular complexity index is 1480. The molecule has 177 valence electrons. The van der Waals surface area contributed by atoms with E-state index < -0.39 is 49.6 Å². The van der Waals surface area contributed by atoms with Crippen LogP contribution in [0.4, 0.5) is 22.7 Å². The molecule has 0 unspecified atom stereocenters. The second-order valence-electron chi connectivity index (χ2n) is 6.54. The number of aromatic carboxylic acids is 2. The van der Waals surface area contributed by atoms with Gasteiger partial charge in [-0.05, 0) is 54.6 Å². The molecule has 5 N–H and O–H groups in total. The van der Waals surface area contributed by atoms with Crippen LogP contribution in [0, 0.1) is 0 Å². The monoisotopic (exact) mass is 555 g/mol. The maximum absolute atomic E-state index is 11.8. The van der Waals surface area contributed by atoms with Gasteiger partial charge in [-0.3, -0.25) is 4.55 Å². The number of phenols is 2. The number of nitrogens with zero attached hydrogens (tertiary/aromatic N) is 4. The van der Waals surface area contributed by atoms with Crippen molar-refractivity contribution >= 4 is 133 Å². The molecule has 0 fully saturated rings. The Hall–Kier alpha value is -1.69. The maximum atomic E-state index is 11.8. The topological polar surface area (TPSA) is 219 Å². The summed E-state index contributed by atoms with van der Waals surface area (Å²) in [5.41, 5.74) is -1.16. The quantitative estimate of drug-likeness (QED) is 0.164. The fourth-order valence-electron chi connectivity index (χ4n) is 2.60. The average Bonchev–Trinajstić information content (AvgIpc) is 2.77. The second kappa shape index (κ2) is 15.0. The number of carbonyl (C=O) groups is 2. The molecule has 3 aromatic rings. The molecule has 0 aliphatic carbocycles. The molecule has 3 aromatic carbocycles. The zero-order valence-electron chi connectivity index (χ0n) is 19.8. The third kappa shape index (κ3) is 9.53. The van der Waals surface area contributed by atoms with Gasteiger partial charge in [-0.25, -0.2) is 9.59 Å². The number of hydrogen-bond acceptors (Lipinski definition) is 10. The minimum atomic E-state index is -4.80. The van der Waals surface area contributed by atoms with Gasteiger partial charge in [-0.15, -0.1) is 5.11 Å². The van der Waals surface area contributed by atoms with Crippen molar-refractivity contribution in [2.45, 2.75) is 4.90 Å². The van der Waals surface area contributed by atoms with Crippen LogP contribution in [-0.4, -0.2) is 134 Å². The summed E-state index contributed by atoms with van der Waals surface area (Å²) in [5, 5.41) is 52.2. The average molecular weight is 555 g/mol. The van der Waals surface area contributed by atoms with Crippen molar-refractivity contribution in [3.8, 4) is 11.5 Å². The van der Waals surface area contributed by atoms with Crippen LogP contribution >= 0.6 is 0 Å². The number of carboxylic acids is 2. The van der Waals surface area contributed by atoms with Gasteiger partial charge < -0.3 is 20.4 Å². The molecule has 37 heavy (non-hydrogen) atoms. The Morgan fingerprint density at radius 2 is 1.00 bits per heavy atom. The van der Waals surface area contributed by atoms with E-state index >= 15 is 0 Å². The molecule has 0 aliphatic heterocycles. The van der Waals surface area contributed by atoms with Crippen molar-refractivity contribution in [3.05, 3.63) is 65.7 Å². The first-order valence-corrected chi connectivity index (χ1v) is 10.5. The smallest absolute Gasteiger partial charge is 0.339 e. The van der Waals surface area contributed by atoms with Crippen molar-refractivity contribution in [1.82, 2.24) is 0 Å². The molecule has 3 rings (SSSR count). The molecule has 13 nitrogen and oxygen atoms in total. The number of hydrogen-bond donors (Lipinski definition) is 5. The predicted octanol–water partition coefficient (Wildman–Crippen LogP) is 3.43. The summed E-state index contributed by atoms with van der Waals surface area (Å²) < 4.78 is 33.2. The molecular weight excluding hydrogens is 541 g/mol. The van der Waals surface area contributed by atoms with E-state index in [9.17, 15) is 32.8 Å². The Morgan fingerprint density at radius 3 is 1.41 bits per heavy atom. The van der Waals surface area contributed by atoms with E-state index in [1.54, 1.807) is 0 Å². The molecule has 0 amide bonds. The SMILES string of the molecule is O=C(O)c1cc(N=Nc2ccc(N=Nc3ccc(O)c(C(=O)O)c3)c(S(=O)(=O)O)c2)ccc1O.[Na].[Na].[Na]. The number of rotatable bonds is 7. The fraction of sp³-hybridized carbons (Fsp3) is 0.